The normalized spacial score (nSPS) is 9.08. The number of hydrogen-bond donors (Lipinski definition) is 0. The molecule has 0 saturated carbocycles. The van der Waals surface area contributed by atoms with Crippen molar-refractivity contribution in [2.45, 2.75) is 13.3 Å². The Bertz CT molecular complexity index is 224. The maximum absolute atomic E-state index is 5.47. The van der Waals surface area contributed by atoms with Crippen LogP contribution in [0.5, 0.6) is 5.75 Å². The zero-order valence-corrected chi connectivity index (χ0v) is 10.9. The van der Waals surface area contributed by atoms with Crippen molar-refractivity contribution in [3.8, 4) is 5.75 Å². The van der Waals surface area contributed by atoms with E-state index in [-0.39, 0.29) is 25.9 Å². The van der Waals surface area contributed by atoms with Crippen molar-refractivity contribution < 1.29 is 7.59 Å². The van der Waals surface area contributed by atoms with Crippen molar-refractivity contribution in [1.29, 1.82) is 0 Å². The first kappa shape index (κ1) is 13.3. The first-order chi connectivity index (χ1) is 5.88. The van der Waals surface area contributed by atoms with E-state index >= 15 is 0 Å². The zero-order chi connectivity index (χ0) is 8.81. The smallest absolute Gasteiger partial charge is 1.00 e. The Hall–Kier alpha value is 0.266. The monoisotopic (exact) mass is 254 g/mol. The Morgan fingerprint density at radius 1 is 1.38 bits per heavy atom. The predicted octanol–water partition coefficient (Wildman–Crippen LogP) is 2.87. The second-order valence-electron chi connectivity index (χ2n) is 2.48. The molecule has 0 aromatic heterocycles. The summed E-state index contributed by atoms with van der Waals surface area (Å²) in [6.45, 7) is 2.74. The van der Waals surface area contributed by atoms with Crippen LogP contribution in [-0.2, 0) is 6.42 Å². The van der Waals surface area contributed by atoms with E-state index in [2.05, 4.69) is 22.0 Å². The third-order valence-corrected chi connectivity index (χ3v) is 2.03. The molecule has 0 bridgehead atoms. The van der Waals surface area contributed by atoms with Crippen LogP contribution in [0.1, 0.15) is 15.3 Å². The molecule has 0 fully saturated rings. The van der Waals surface area contributed by atoms with E-state index in [0.29, 0.717) is 0 Å². The first-order valence-corrected chi connectivity index (χ1v) is 5.27. The minimum absolute atomic E-state index is 0. The van der Waals surface area contributed by atoms with Gasteiger partial charge in [0.15, 0.2) is 0 Å². The molecule has 0 atom stereocenters. The van der Waals surface area contributed by atoms with Gasteiger partial charge in [-0.1, -0.05) is 34.1 Å². The van der Waals surface area contributed by atoms with Crippen molar-refractivity contribution in [2.24, 2.45) is 0 Å². The van der Waals surface area contributed by atoms with Gasteiger partial charge in [0.1, 0.15) is 5.75 Å². The van der Waals surface area contributed by atoms with Crippen molar-refractivity contribution in [3.05, 3.63) is 29.8 Å². The molecule has 0 heterocycles. The summed E-state index contributed by atoms with van der Waals surface area (Å²) in [6.07, 6.45) is 1.02. The number of aryl methyl sites for hydroxylation is 1. The van der Waals surface area contributed by atoms with E-state index in [9.17, 15) is 0 Å². The van der Waals surface area contributed by atoms with Gasteiger partial charge in [-0.05, 0) is 25.0 Å². The summed E-state index contributed by atoms with van der Waals surface area (Å²) in [6, 6.07) is 8.16. The summed E-state index contributed by atoms with van der Waals surface area (Å²) in [5.74, 6) is 1.01. The van der Waals surface area contributed by atoms with Crippen molar-refractivity contribution in [2.75, 3.05) is 11.9 Å². The Morgan fingerprint density at radius 3 is 2.69 bits per heavy atom. The molecule has 0 amide bonds. The summed E-state index contributed by atoms with van der Waals surface area (Å²) in [7, 11) is 0. The van der Waals surface area contributed by atoms with E-state index in [1.165, 1.54) is 5.56 Å². The van der Waals surface area contributed by atoms with Crippen LogP contribution in [0.4, 0.5) is 0 Å². The van der Waals surface area contributed by atoms with Gasteiger partial charge in [-0.3, -0.25) is 0 Å². The third-order valence-electron chi connectivity index (χ3n) is 1.64. The van der Waals surface area contributed by atoms with Crippen LogP contribution in [0.2, 0.25) is 0 Å². The molecule has 70 valence electrons. The second kappa shape index (κ2) is 7.65. The van der Waals surface area contributed by atoms with Crippen LogP contribution in [0.25, 0.3) is 0 Å². The number of rotatable bonds is 4. The Kier molecular flexibility index (Phi) is 7.81. The van der Waals surface area contributed by atoms with Gasteiger partial charge in [0.25, 0.3) is 0 Å². The summed E-state index contributed by atoms with van der Waals surface area (Å²) >= 11 is 3.42. The second-order valence-corrected chi connectivity index (χ2v) is 3.27. The number of para-hydroxylation sites is 1. The summed E-state index contributed by atoms with van der Waals surface area (Å²) in [4.78, 5) is 0. The van der Waals surface area contributed by atoms with Crippen LogP contribution >= 0.6 is 15.9 Å². The van der Waals surface area contributed by atoms with Crippen LogP contribution in [-0.4, -0.2) is 35.0 Å². The average molecular weight is 255 g/mol. The van der Waals surface area contributed by atoms with Gasteiger partial charge < -0.3 is 7.59 Å². The number of halogens is 1. The van der Waals surface area contributed by atoms with E-state index in [4.69, 9.17) is 4.74 Å². The standard InChI is InChI=1S/C10H13BrO.Mg.2H/c1-2-12-10-6-4-3-5-9(10)7-8-11;;;/h3-6H,2,7-8H2,1H3;;;/q;+2;2*-1. The molecule has 0 N–H and O–H groups in total. The number of hydrogen-bond acceptors (Lipinski definition) is 1. The van der Waals surface area contributed by atoms with E-state index in [1.807, 2.05) is 25.1 Å². The summed E-state index contributed by atoms with van der Waals surface area (Å²) in [5, 5.41) is 0.983. The molecule has 3 heteroatoms. The Morgan fingerprint density at radius 2 is 2.08 bits per heavy atom. The number of benzene rings is 1. The molecule has 0 radical (unpaired) electrons. The molecule has 1 aromatic rings. The maximum atomic E-state index is 5.47. The fourth-order valence-electron chi connectivity index (χ4n) is 1.11. The van der Waals surface area contributed by atoms with Crippen molar-refractivity contribution >= 4 is 39.0 Å². The van der Waals surface area contributed by atoms with Gasteiger partial charge in [-0.2, -0.15) is 0 Å². The maximum Gasteiger partial charge on any atom is 2.00 e. The van der Waals surface area contributed by atoms with Gasteiger partial charge in [0.2, 0.25) is 0 Å². The van der Waals surface area contributed by atoms with E-state index < -0.39 is 0 Å². The molecule has 13 heavy (non-hydrogen) atoms. The SMILES string of the molecule is CCOc1ccccc1CCBr.[H-].[H-].[Mg+2]. The van der Waals surface area contributed by atoms with Crippen molar-refractivity contribution in [3.63, 3.8) is 0 Å². The van der Waals surface area contributed by atoms with E-state index in [0.717, 1.165) is 24.1 Å². The van der Waals surface area contributed by atoms with E-state index in [1.54, 1.807) is 0 Å². The molecular weight excluding hydrogens is 240 g/mol. The van der Waals surface area contributed by atoms with Crippen LogP contribution < -0.4 is 4.74 Å². The molecule has 1 nitrogen and oxygen atoms in total. The van der Waals surface area contributed by atoms with Gasteiger partial charge in [0, 0.05) is 5.33 Å². The fourth-order valence-corrected chi connectivity index (χ4v) is 1.54. The summed E-state index contributed by atoms with van der Waals surface area (Å²) < 4.78 is 5.47. The number of alkyl halides is 1. The predicted molar refractivity (Wildman–Crippen MR) is 63.1 cm³/mol. The van der Waals surface area contributed by atoms with Crippen LogP contribution in [0.15, 0.2) is 24.3 Å². The molecule has 1 rings (SSSR count). The molecule has 0 unspecified atom stereocenters. The summed E-state index contributed by atoms with van der Waals surface area (Å²) in [5.41, 5.74) is 1.27. The van der Waals surface area contributed by atoms with Gasteiger partial charge >= 0.3 is 23.1 Å². The minimum Gasteiger partial charge on any atom is -1.00 e. The number of ether oxygens (including phenoxy) is 1. The van der Waals surface area contributed by atoms with Gasteiger partial charge in [0.05, 0.1) is 6.61 Å². The fraction of sp³-hybridized carbons (Fsp3) is 0.400. The molecule has 0 aliphatic carbocycles. The first-order valence-electron chi connectivity index (χ1n) is 4.15. The Labute approximate surface area is 107 Å². The van der Waals surface area contributed by atoms with Gasteiger partial charge in [-0.25, -0.2) is 0 Å². The Balaban J connectivity index is -0.000000480. The van der Waals surface area contributed by atoms with Crippen LogP contribution in [0, 0.1) is 0 Å². The molecule has 0 aliphatic rings. The molecule has 0 saturated heterocycles. The minimum atomic E-state index is 0. The van der Waals surface area contributed by atoms with Crippen LogP contribution in [0.3, 0.4) is 0 Å². The topological polar surface area (TPSA) is 9.23 Å². The van der Waals surface area contributed by atoms with Gasteiger partial charge in [-0.15, -0.1) is 0 Å². The molecule has 0 aliphatic heterocycles. The zero-order valence-electron chi connectivity index (χ0n) is 9.92. The van der Waals surface area contributed by atoms with Crippen molar-refractivity contribution in [1.82, 2.24) is 0 Å². The average Bonchev–Trinajstić information content (AvgIpc) is 2.09. The molecule has 0 spiro atoms. The largest absolute Gasteiger partial charge is 2.00 e. The molecule has 1 aromatic carbocycles. The third kappa shape index (κ3) is 4.34. The molecular formula is C10H15BrMgO. The quantitative estimate of drug-likeness (QED) is 0.594.